The number of nitrogens with one attached hydrogen (secondary N) is 1. The molecular formula is C17H29N5O. The molecule has 0 aliphatic rings. The van der Waals surface area contributed by atoms with Crippen molar-refractivity contribution in [2.75, 3.05) is 26.7 Å². The first-order valence-corrected chi connectivity index (χ1v) is 7.82. The fourth-order valence-corrected chi connectivity index (χ4v) is 2.24. The number of carbonyl (C=O) groups excluding carboxylic acids is 1. The van der Waals surface area contributed by atoms with Crippen LogP contribution in [0, 0.1) is 11.3 Å². The molecule has 0 spiro atoms. The number of allylic oxidation sites excluding steroid dienone is 3. The summed E-state index contributed by atoms with van der Waals surface area (Å²) in [6, 6.07) is 2.07. The van der Waals surface area contributed by atoms with E-state index in [1.807, 2.05) is 27.8 Å². The molecule has 0 aromatic carbocycles. The zero-order valence-corrected chi connectivity index (χ0v) is 14.7. The van der Waals surface area contributed by atoms with Crippen molar-refractivity contribution in [3.8, 4) is 6.07 Å². The first kappa shape index (κ1) is 20.7. The van der Waals surface area contributed by atoms with Gasteiger partial charge >= 0.3 is 0 Å². The molecule has 0 fully saturated rings. The predicted octanol–water partition coefficient (Wildman–Crippen LogP) is 1.90. The molecule has 0 radical (unpaired) electrons. The van der Waals surface area contributed by atoms with Crippen molar-refractivity contribution in [1.29, 1.82) is 5.26 Å². The smallest absolute Gasteiger partial charge is 0.222 e. The van der Waals surface area contributed by atoms with Gasteiger partial charge in [-0.25, -0.2) is 0 Å². The molecule has 0 aromatic heterocycles. The SMILES string of the molecule is C=C/C(=C(C)\C(=C/CC#N)NN)N(CC)CCN(C)C(=O)CC. The number of hydrogen-bond acceptors (Lipinski definition) is 5. The Morgan fingerprint density at radius 3 is 2.48 bits per heavy atom. The van der Waals surface area contributed by atoms with Gasteiger partial charge in [0.05, 0.1) is 18.2 Å². The molecule has 0 aliphatic carbocycles. The average Bonchev–Trinajstić information content (AvgIpc) is 2.57. The van der Waals surface area contributed by atoms with Crippen molar-refractivity contribution in [1.82, 2.24) is 15.2 Å². The Balaban J connectivity index is 5.28. The van der Waals surface area contributed by atoms with E-state index in [0.29, 0.717) is 25.2 Å². The second-order valence-electron chi connectivity index (χ2n) is 5.09. The largest absolute Gasteiger partial charge is 0.370 e. The molecule has 128 valence electrons. The van der Waals surface area contributed by atoms with Crippen molar-refractivity contribution < 1.29 is 4.79 Å². The minimum atomic E-state index is 0.125. The van der Waals surface area contributed by atoms with Crippen molar-refractivity contribution in [3.05, 3.63) is 35.7 Å². The summed E-state index contributed by atoms with van der Waals surface area (Å²) in [5, 5.41) is 8.72. The highest BCUT2D eigenvalue weighted by Crippen LogP contribution is 2.17. The molecule has 0 heterocycles. The maximum Gasteiger partial charge on any atom is 0.222 e. The van der Waals surface area contributed by atoms with Crippen LogP contribution < -0.4 is 11.3 Å². The third-order valence-corrected chi connectivity index (χ3v) is 3.69. The Kier molecular flexibility index (Phi) is 10.2. The van der Waals surface area contributed by atoms with Crippen LogP contribution in [0.1, 0.15) is 33.6 Å². The first-order chi connectivity index (χ1) is 11.0. The molecule has 0 unspecified atom stereocenters. The second-order valence-corrected chi connectivity index (χ2v) is 5.09. The van der Waals surface area contributed by atoms with Gasteiger partial charge < -0.3 is 15.2 Å². The molecular weight excluding hydrogens is 290 g/mol. The number of nitrogens with zero attached hydrogens (tertiary/aromatic N) is 3. The predicted molar refractivity (Wildman–Crippen MR) is 93.7 cm³/mol. The minimum Gasteiger partial charge on any atom is -0.370 e. The monoisotopic (exact) mass is 319 g/mol. The van der Waals surface area contributed by atoms with Crippen LogP contribution in [0.4, 0.5) is 0 Å². The third-order valence-electron chi connectivity index (χ3n) is 3.69. The maximum absolute atomic E-state index is 11.7. The van der Waals surface area contributed by atoms with E-state index >= 15 is 0 Å². The van der Waals surface area contributed by atoms with Crippen molar-refractivity contribution >= 4 is 5.91 Å². The maximum atomic E-state index is 11.7. The van der Waals surface area contributed by atoms with Gasteiger partial charge in [-0.15, -0.1) is 0 Å². The van der Waals surface area contributed by atoms with Gasteiger partial charge in [-0.1, -0.05) is 13.5 Å². The van der Waals surface area contributed by atoms with Crippen LogP contribution in [0.3, 0.4) is 0 Å². The molecule has 6 heteroatoms. The van der Waals surface area contributed by atoms with E-state index in [1.165, 1.54) is 0 Å². The Bertz CT molecular complexity index is 502. The lowest BCUT2D eigenvalue weighted by molar-refractivity contribution is -0.129. The summed E-state index contributed by atoms with van der Waals surface area (Å²) >= 11 is 0. The number of amides is 1. The van der Waals surface area contributed by atoms with Crippen LogP contribution in [0.5, 0.6) is 0 Å². The number of nitrogens with two attached hydrogens (primary N) is 1. The van der Waals surface area contributed by atoms with E-state index in [-0.39, 0.29) is 12.3 Å². The molecule has 3 N–H and O–H groups in total. The zero-order chi connectivity index (χ0) is 17.8. The van der Waals surface area contributed by atoms with Gasteiger partial charge in [-0.3, -0.25) is 10.6 Å². The molecule has 1 amide bonds. The molecule has 0 saturated heterocycles. The molecule has 0 atom stereocenters. The number of carbonyl (C=O) groups is 1. The Labute approximate surface area is 139 Å². The van der Waals surface area contributed by atoms with Crippen molar-refractivity contribution in [2.24, 2.45) is 5.84 Å². The molecule has 6 nitrogen and oxygen atoms in total. The molecule has 23 heavy (non-hydrogen) atoms. The van der Waals surface area contributed by atoms with Gasteiger partial charge in [0.15, 0.2) is 0 Å². The van der Waals surface area contributed by atoms with Gasteiger partial charge in [-0.2, -0.15) is 5.26 Å². The van der Waals surface area contributed by atoms with Crippen LogP contribution in [-0.2, 0) is 4.79 Å². The topological polar surface area (TPSA) is 85.4 Å². The van der Waals surface area contributed by atoms with E-state index in [4.69, 9.17) is 11.1 Å². The van der Waals surface area contributed by atoms with Gasteiger partial charge in [0.2, 0.25) is 5.91 Å². The van der Waals surface area contributed by atoms with E-state index < -0.39 is 0 Å². The molecule has 0 aromatic rings. The molecule has 0 bridgehead atoms. The summed E-state index contributed by atoms with van der Waals surface area (Å²) in [6.07, 6.45) is 4.31. The molecule has 0 saturated carbocycles. The summed E-state index contributed by atoms with van der Waals surface area (Å²) in [7, 11) is 1.81. The summed E-state index contributed by atoms with van der Waals surface area (Å²) in [5.41, 5.74) is 5.20. The van der Waals surface area contributed by atoms with Gasteiger partial charge in [0, 0.05) is 38.8 Å². The minimum absolute atomic E-state index is 0.125. The van der Waals surface area contributed by atoms with Gasteiger partial charge in [-0.05, 0) is 31.6 Å². The average molecular weight is 319 g/mol. The van der Waals surface area contributed by atoms with E-state index in [9.17, 15) is 4.79 Å². The van der Waals surface area contributed by atoms with Crippen LogP contribution in [0.15, 0.2) is 35.7 Å². The summed E-state index contributed by atoms with van der Waals surface area (Å²) in [6.45, 7) is 11.8. The number of rotatable bonds is 10. The quantitative estimate of drug-likeness (QED) is 0.365. The lowest BCUT2D eigenvalue weighted by atomic mass is 10.1. The van der Waals surface area contributed by atoms with Gasteiger partial charge in [0.25, 0.3) is 0 Å². The summed E-state index contributed by atoms with van der Waals surface area (Å²) in [4.78, 5) is 15.5. The number of hydrazine groups is 1. The summed E-state index contributed by atoms with van der Waals surface area (Å²) in [5.74, 6) is 5.69. The van der Waals surface area contributed by atoms with Crippen LogP contribution >= 0.6 is 0 Å². The Morgan fingerprint density at radius 2 is 2.04 bits per heavy atom. The number of likely N-dealkylation sites (N-methyl/N-ethyl adjacent to an activating group) is 2. The number of nitriles is 1. The van der Waals surface area contributed by atoms with Crippen LogP contribution in [0.2, 0.25) is 0 Å². The first-order valence-electron chi connectivity index (χ1n) is 7.82. The highest BCUT2D eigenvalue weighted by molar-refractivity contribution is 5.75. The van der Waals surface area contributed by atoms with Crippen LogP contribution in [-0.4, -0.2) is 42.4 Å². The van der Waals surface area contributed by atoms with Crippen LogP contribution in [0.25, 0.3) is 0 Å². The van der Waals surface area contributed by atoms with E-state index in [0.717, 1.165) is 17.8 Å². The Hall–Kier alpha value is -2.26. The highest BCUT2D eigenvalue weighted by atomic mass is 16.2. The highest BCUT2D eigenvalue weighted by Gasteiger charge is 2.13. The molecule has 0 rings (SSSR count). The van der Waals surface area contributed by atoms with E-state index in [1.54, 1.807) is 17.1 Å². The zero-order valence-electron chi connectivity index (χ0n) is 14.7. The lowest BCUT2D eigenvalue weighted by Gasteiger charge is -2.29. The van der Waals surface area contributed by atoms with Gasteiger partial charge in [0.1, 0.15) is 0 Å². The Morgan fingerprint density at radius 1 is 1.39 bits per heavy atom. The van der Waals surface area contributed by atoms with E-state index in [2.05, 4.69) is 23.0 Å². The standard InChI is InChI=1S/C17H29N5O/c1-6-16(14(4)15(20-19)10-9-11-18)22(8-3)13-12-21(5)17(23)7-2/h6,10,20H,1,7-9,12-13,19H2,2-5H3/b15-10+,16-14+. The third kappa shape index (κ3) is 6.57. The molecule has 0 aliphatic heterocycles. The lowest BCUT2D eigenvalue weighted by Crippen LogP contribution is -2.36. The van der Waals surface area contributed by atoms with Crippen molar-refractivity contribution in [3.63, 3.8) is 0 Å². The van der Waals surface area contributed by atoms with Crippen molar-refractivity contribution in [2.45, 2.75) is 33.6 Å². The number of hydrogen-bond donors (Lipinski definition) is 2. The fraction of sp³-hybridized carbons (Fsp3) is 0.529. The fourth-order valence-electron chi connectivity index (χ4n) is 2.24. The normalized spacial score (nSPS) is 12.1. The second kappa shape index (κ2) is 11.3. The summed E-state index contributed by atoms with van der Waals surface area (Å²) < 4.78 is 0.